The number of carbonyl (C=O) groups is 1. The molecule has 0 spiro atoms. The highest BCUT2D eigenvalue weighted by Crippen LogP contribution is 2.20. The van der Waals surface area contributed by atoms with Crippen molar-refractivity contribution in [3.8, 4) is 0 Å². The van der Waals surface area contributed by atoms with E-state index in [0.29, 0.717) is 10.6 Å². The van der Waals surface area contributed by atoms with E-state index in [1.54, 1.807) is 30.1 Å². The van der Waals surface area contributed by atoms with Gasteiger partial charge in [0, 0.05) is 11.9 Å². The first-order chi connectivity index (χ1) is 8.77. The summed E-state index contributed by atoms with van der Waals surface area (Å²) >= 11 is 1.56. The number of hydrogen-bond donors (Lipinski definition) is 1. The summed E-state index contributed by atoms with van der Waals surface area (Å²) in [7, 11) is 0. The van der Waals surface area contributed by atoms with Crippen LogP contribution in [0.4, 0.5) is 0 Å². The molecular weight excluding hydrogens is 244 g/mol. The van der Waals surface area contributed by atoms with Crippen LogP contribution in [-0.4, -0.2) is 16.6 Å². The normalized spacial score (nSPS) is 10.2. The topological polar surface area (TPSA) is 56.0 Å². The van der Waals surface area contributed by atoms with Crippen LogP contribution in [0, 0.1) is 0 Å². The molecule has 0 aliphatic rings. The largest absolute Gasteiger partial charge is 0.366 e. The number of carbonyl (C=O) groups excluding carboxylic acids is 1. The van der Waals surface area contributed by atoms with Gasteiger partial charge in [0.25, 0.3) is 5.91 Å². The number of thioether (sulfide) groups is 1. The van der Waals surface area contributed by atoms with Crippen LogP contribution in [-0.2, 0) is 6.42 Å². The Balaban J connectivity index is 1.97. The van der Waals surface area contributed by atoms with Crippen molar-refractivity contribution in [2.45, 2.75) is 11.4 Å². The molecule has 1 amide bonds. The molecule has 92 valence electrons. The fraction of sp³-hybridized carbons (Fsp3) is 0.143. The summed E-state index contributed by atoms with van der Waals surface area (Å²) in [4.78, 5) is 15.4. The Morgan fingerprint density at radius 1 is 1.17 bits per heavy atom. The average molecular weight is 258 g/mol. The number of benzene rings is 1. The first-order valence-electron chi connectivity index (χ1n) is 5.69. The molecule has 0 saturated carbocycles. The molecular formula is C14H14N2OS. The van der Waals surface area contributed by atoms with Crippen LogP contribution < -0.4 is 5.73 Å². The van der Waals surface area contributed by atoms with Crippen molar-refractivity contribution in [3.05, 3.63) is 59.8 Å². The number of nitrogens with two attached hydrogens (primary N) is 1. The molecule has 2 N–H and O–H groups in total. The molecule has 3 nitrogen and oxygen atoms in total. The molecule has 0 bridgehead atoms. The van der Waals surface area contributed by atoms with E-state index in [1.165, 1.54) is 5.56 Å². The second-order valence-electron chi connectivity index (χ2n) is 3.80. The Morgan fingerprint density at radius 2 is 1.94 bits per heavy atom. The predicted molar refractivity (Wildman–Crippen MR) is 73.6 cm³/mol. The SMILES string of the molecule is NC(=O)c1cccnc1SCCc1ccccc1. The van der Waals surface area contributed by atoms with Crippen LogP contribution in [0.3, 0.4) is 0 Å². The van der Waals surface area contributed by atoms with Crippen LogP contribution in [0.2, 0.25) is 0 Å². The van der Waals surface area contributed by atoms with E-state index >= 15 is 0 Å². The Morgan fingerprint density at radius 3 is 2.67 bits per heavy atom. The van der Waals surface area contributed by atoms with Crippen molar-refractivity contribution in [2.24, 2.45) is 5.73 Å². The molecule has 2 rings (SSSR count). The molecule has 0 saturated heterocycles. The van der Waals surface area contributed by atoms with Crippen molar-refractivity contribution < 1.29 is 4.79 Å². The zero-order valence-electron chi connectivity index (χ0n) is 9.87. The molecule has 18 heavy (non-hydrogen) atoms. The van der Waals surface area contributed by atoms with Gasteiger partial charge in [0.1, 0.15) is 5.03 Å². The molecule has 0 aliphatic heterocycles. The van der Waals surface area contributed by atoms with Gasteiger partial charge in [-0.05, 0) is 24.1 Å². The van der Waals surface area contributed by atoms with Gasteiger partial charge < -0.3 is 5.73 Å². The summed E-state index contributed by atoms with van der Waals surface area (Å²) in [5.74, 6) is 0.451. The van der Waals surface area contributed by atoms with Gasteiger partial charge in [-0.1, -0.05) is 30.3 Å². The van der Waals surface area contributed by atoms with E-state index in [9.17, 15) is 4.79 Å². The third kappa shape index (κ3) is 3.34. The third-order valence-corrected chi connectivity index (χ3v) is 3.52. The minimum Gasteiger partial charge on any atom is -0.366 e. The van der Waals surface area contributed by atoms with Gasteiger partial charge in [-0.3, -0.25) is 4.79 Å². The molecule has 2 aromatic rings. The summed E-state index contributed by atoms with van der Waals surface area (Å²) < 4.78 is 0. The van der Waals surface area contributed by atoms with Gasteiger partial charge in [-0.2, -0.15) is 0 Å². The Kier molecular flexibility index (Phi) is 4.36. The number of aryl methyl sites for hydroxylation is 1. The van der Waals surface area contributed by atoms with Crippen molar-refractivity contribution in [3.63, 3.8) is 0 Å². The van der Waals surface area contributed by atoms with E-state index in [4.69, 9.17) is 5.73 Å². The van der Waals surface area contributed by atoms with Crippen molar-refractivity contribution in [2.75, 3.05) is 5.75 Å². The number of primary amides is 1. The molecule has 1 aromatic carbocycles. The molecule has 1 heterocycles. The van der Waals surface area contributed by atoms with Crippen molar-refractivity contribution in [1.82, 2.24) is 4.98 Å². The lowest BCUT2D eigenvalue weighted by molar-refractivity contribution is 0.0997. The zero-order valence-corrected chi connectivity index (χ0v) is 10.7. The van der Waals surface area contributed by atoms with E-state index in [1.807, 2.05) is 18.2 Å². The van der Waals surface area contributed by atoms with E-state index in [2.05, 4.69) is 17.1 Å². The Hall–Kier alpha value is -1.81. The number of pyridine rings is 1. The average Bonchev–Trinajstić information content (AvgIpc) is 2.40. The summed E-state index contributed by atoms with van der Waals surface area (Å²) in [5, 5.41) is 0.709. The lowest BCUT2D eigenvalue weighted by Crippen LogP contribution is -2.12. The van der Waals surface area contributed by atoms with Crippen molar-refractivity contribution >= 4 is 17.7 Å². The molecule has 4 heteroatoms. The maximum absolute atomic E-state index is 11.2. The number of amides is 1. The molecule has 0 fully saturated rings. The van der Waals surface area contributed by atoms with Crippen LogP contribution in [0.25, 0.3) is 0 Å². The number of aromatic nitrogens is 1. The fourth-order valence-electron chi connectivity index (χ4n) is 1.60. The standard InChI is InChI=1S/C14H14N2OS/c15-13(17)12-7-4-9-16-14(12)18-10-8-11-5-2-1-3-6-11/h1-7,9H,8,10H2,(H2,15,17). The van der Waals surface area contributed by atoms with E-state index in [0.717, 1.165) is 12.2 Å². The summed E-state index contributed by atoms with van der Waals surface area (Å²) in [6, 6.07) is 13.7. The van der Waals surface area contributed by atoms with Gasteiger partial charge in [0.2, 0.25) is 0 Å². The minimum absolute atomic E-state index is 0.426. The number of nitrogens with zero attached hydrogens (tertiary/aromatic N) is 1. The summed E-state index contributed by atoms with van der Waals surface area (Å²) in [6.45, 7) is 0. The lowest BCUT2D eigenvalue weighted by Gasteiger charge is -2.05. The highest BCUT2D eigenvalue weighted by molar-refractivity contribution is 7.99. The maximum atomic E-state index is 11.2. The third-order valence-electron chi connectivity index (χ3n) is 2.51. The minimum atomic E-state index is -0.426. The fourth-order valence-corrected chi connectivity index (χ4v) is 2.59. The summed E-state index contributed by atoms with van der Waals surface area (Å²) in [5.41, 5.74) is 7.08. The zero-order chi connectivity index (χ0) is 12.8. The second-order valence-corrected chi connectivity index (χ2v) is 4.89. The van der Waals surface area contributed by atoms with Gasteiger partial charge in [0.05, 0.1) is 5.56 Å². The Bertz CT molecular complexity index is 528. The van der Waals surface area contributed by atoms with E-state index in [-0.39, 0.29) is 0 Å². The van der Waals surface area contributed by atoms with Gasteiger partial charge in [-0.25, -0.2) is 4.98 Å². The lowest BCUT2D eigenvalue weighted by atomic mass is 10.2. The smallest absolute Gasteiger partial charge is 0.251 e. The highest BCUT2D eigenvalue weighted by Gasteiger charge is 2.08. The molecule has 0 radical (unpaired) electrons. The molecule has 0 unspecified atom stereocenters. The second kappa shape index (κ2) is 6.21. The van der Waals surface area contributed by atoms with Crippen LogP contribution >= 0.6 is 11.8 Å². The Labute approximate surface area is 110 Å². The van der Waals surface area contributed by atoms with Gasteiger partial charge >= 0.3 is 0 Å². The quantitative estimate of drug-likeness (QED) is 0.838. The maximum Gasteiger partial charge on any atom is 0.251 e. The molecule has 0 aliphatic carbocycles. The van der Waals surface area contributed by atoms with Crippen LogP contribution in [0.15, 0.2) is 53.7 Å². The van der Waals surface area contributed by atoms with Gasteiger partial charge in [-0.15, -0.1) is 11.8 Å². The first kappa shape index (κ1) is 12.6. The van der Waals surface area contributed by atoms with Gasteiger partial charge in [0.15, 0.2) is 0 Å². The molecule has 0 atom stereocenters. The predicted octanol–water partition coefficient (Wildman–Crippen LogP) is 2.52. The summed E-state index contributed by atoms with van der Waals surface area (Å²) in [6.07, 6.45) is 2.62. The van der Waals surface area contributed by atoms with Crippen molar-refractivity contribution in [1.29, 1.82) is 0 Å². The highest BCUT2D eigenvalue weighted by atomic mass is 32.2. The van der Waals surface area contributed by atoms with E-state index < -0.39 is 5.91 Å². The first-order valence-corrected chi connectivity index (χ1v) is 6.67. The van der Waals surface area contributed by atoms with Crippen LogP contribution in [0.5, 0.6) is 0 Å². The van der Waals surface area contributed by atoms with Crippen LogP contribution in [0.1, 0.15) is 15.9 Å². The molecule has 1 aromatic heterocycles. The monoisotopic (exact) mass is 258 g/mol. The number of rotatable bonds is 5. The number of hydrogen-bond acceptors (Lipinski definition) is 3.